The van der Waals surface area contributed by atoms with Crippen LogP contribution in [-0.2, 0) is 35.2 Å². The van der Waals surface area contributed by atoms with E-state index in [1.54, 1.807) is 0 Å². The second-order valence-electron chi connectivity index (χ2n) is 6.92. The fraction of sp³-hybridized carbons (Fsp3) is 0.471. The molecule has 0 radical (unpaired) electrons. The predicted molar refractivity (Wildman–Crippen MR) is 107 cm³/mol. The molecule has 15 heteroatoms. The number of aromatic amines is 1. The number of carboxylic acid groups (broad SMARTS) is 1. The lowest BCUT2D eigenvalue weighted by atomic mass is 10.1. The van der Waals surface area contributed by atoms with Gasteiger partial charge in [0.25, 0.3) is 0 Å². The highest BCUT2D eigenvalue weighted by atomic mass is 16.4. The zero-order chi connectivity index (χ0) is 24.4. The summed E-state index contributed by atoms with van der Waals surface area (Å²) < 4.78 is 0. The van der Waals surface area contributed by atoms with Crippen LogP contribution in [0.5, 0.6) is 0 Å². The van der Waals surface area contributed by atoms with Crippen molar-refractivity contribution in [3.8, 4) is 0 Å². The van der Waals surface area contributed by atoms with Gasteiger partial charge in [-0.05, 0) is 6.92 Å². The van der Waals surface area contributed by atoms with E-state index in [1.165, 1.54) is 19.4 Å². The molecular formula is C17H26N8O7. The lowest BCUT2D eigenvalue weighted by molar-refractivity contribution is -0.142. The number of carbonyl (C=O) groups excluding carboxylic acids is 5. The van der Waals surface area contributed by atoms with Gasteiger partial charge in [-0.15, -0.1) is 0 Å². The molecule has 4 atom stereocenters. The molecule has 5 amide bonds. The first kappa shape index (κ1) is 26.0. The van der Waals surface area contributed by atoms with Crippen LogP contribution in [0.25, 0.3) is 0 Å². The summed E-state index contributed by atoms with van der Waals surface area (Å²) >= 11 is 0. The van der Waals surface area contributed by atoms with Gasteiger partial charge in [0, 0.05) is 18.3 Å². The SMILES string of the molecule is CC(NC(=O)C(Cc1cnc[nH]1)NC(=O)C(CC(N)=O)NC(=O)C(N)CC(N)=O)C(=O)O. The third-order valence-corrected chi connectivity index (χ3v) is 4.14. The molecule has 0 saturated heterocycles. The van der Waals surface area contributed by atoms with E-state index < -0.39 is 72.5 Å². The highest BCUT2D eigenvalue weighted by molar-refractivity contribution is 5.96. The van der Waals surface area contributed by atoms with Gasteiger partial charge in [-0.25, -0.2) is 4.98 Å². The molecule has 0 saturated carbocycles. The van der Waals surface area contributed by atoms with Gasteiger partial charge in [-0.2, -0.15) is 0 Å². The lowest BCUT2D eigenvalue weighted by Crippen LogP contribution is -2.58. The Morgan fingerprint density at radius 3 is 2.03 bits per heavy atom. The first-order valence-corrected chi connectivity index (χ1v) is 9.34. The normalized spacial score (nSPS) is 14.3. The fourth-order valence-electron chi connectivity index (χ4n) is 2.47. The fourth-order valence-corrected chi connectivity index (χ4v) is 2.47. The molecule has 0 aromatic carbocycles. The van der Waals surface area contributed by atoms with Gasteiger partial charge in [-0.3, -0.25) is 28.8 Å². The van der Waals surface area contributed by atoms with E-state index in [0.717, 1.165) is 0 Å². The molecule has 1 aromatic rings. The highest BCUT2D eigenvalue weighted by Gasteiger charge is 2.31. The van der Waals surface area contributed by atoms with Crippen molar-refractivity contribution in [3.05, 3.63) is 18.2 Å². The summed E-state index contributed by atoms with van der Waals surface area (Å²) in [6.45, 7) is 1.23. The molecule has 1 heterocycles. The monoisotopic (exact) mass is 454 g/mol. The number of hydrogen-bond donors (Lipinski definition) is 8. The number of aromatic nitrogens is 2. The maximum Gasteiger partial charge on any atom is 0.325 e. The van der Waals surface area contributed by atoms with Crippen LogP contribution in [0, 0.1) is 0 Å². The molecule has 0 fully saturated rings. The molecule has 1 aromatic heterocycles. The van der Waals surface area contributed by atoms with Gasteiger partial charge in [0.2, 0.25) is 29.5 Å². The van der Waals surface area contributed by atoms with Gasteiger partial charge in [0.05, 0.1) is 25.2 Å². The summed E-state index contributed by atoms with van der Waals surface area (Å²) in [6.07, 6.45) is 1.47. The van der Waals surface area contributed by atoms with Crippen molar-refractivity contribution in [1.82, 2.24) is 25.9 Å². The van der Waals surface area contributed by atoms with Crippen LogP contribution in [0.4, 0.5) is 0 Å². The summed E-state index contributed by atoms with van der Waals surface area (Å²) in [5.41, 5.74) is 16.1. The Balaban J connectivity index is 3.00. The number of nitrogens with two attached hydrogens (primary N) is 3. The van der Waals surface area contributed by atoms with Crippen molar-refractivity contribution >= 4 is 35.5 Å². The molecule has 0 spiro atoms. The molecule has 1 rings (SSSR count). The molecule has 0 aliphatic carbocycles. The smallest absolute Gasteiger partial charge is 0.325 e. The molecule has 32 heavy (non-hydrogen) atoms. The van der Waals surface area contributed by atoms with Crippen LogP contribution in [0.1, 0.15) is 25.5 Å². The average Bonchev–Trinajstić information content (AvgIpc) is 3.18. The van der Waals surface area contributed by atoms with Gasteiger partial charge >= 0.3 is 5.97 Å². The van der Waals surface area contributed by atoms with E-state index in [-0.39, 0.29) is 6.42 Å². The second-order valence-corrected chi connectivity index (χ2v) is 6.92. The van der Waals surface area contributed by atoms with Gasteiger partial charge in [0.15, 0.2) is 0 Å². The summed E-state index contributed by atoms with van der Waals surface area (Å²) in [6, 6.07) is -5.45. The van der Waals surface area contributed by atoms with E-state index in [2.05, 4.69) is 25.9 Å². The van der Waals surface area contributed by atoms with Gasteiger partial charge in [-0.1, -0.05) is 0 Å². The van der Waals surface area contributed by atoms with Crippen molar-refractivity contribution in [2.45, 2.75) is 50.4 Å². The zero-order valence-electron chi connectivity index (χ0n) is 17.2. The largest absolute Gasteiger partial charge is 0.480 e. The maximum absolute atomic E-state index is 12.7. The summed E-state index contributed by atoms with van der Waals surface area (Å²) in [5, 5.41) is 15.7. The maximum atomic E-state index is 12.7. The Kier molecular flexibility index (Phi) is 9.75. The Hall–Kier alpha value is -4.01. The van der Waals surface area contributed by atoms with E-state index in [9.17, 15) is 28.8 Å². The second kappa shape index (κ2) is 12.0. The molecule has 15 nitrogen and oxygen atoms in total. The topological polar surface area (TPSA) is 265 Å². The Bertz CT molecular complexity index is 857. The van der Waals surface area contributed by atoms with E-state index in [1.807, 2.05) is 0 Å². The Morgan fingerprint density at radius 2 is 1.53 bits per heavy atom. The van der Waals surface area contributed by atoms with E-state index in [0.29, 0.717) is 5.69 Å². The molecule has 176 valence electrons. The van der Waals surface area contributed by atoms with Crippen LogP contribution < -0.4 is 33.2 Å². The number of carboxylic acids is 1. The molecule has 0 aliphatic heterocycles. The van der Waals surface area contributed by atoms with E-state index in [4.69, 9.17) is 22.3 Å². The third kappa shape index (κ3) is 8.78. The van der Waals surface area contributed by atoms with Crippen molar-refractivity contribution in [3.63, 3.8) is 0 Å². The number of rotatable bonds is 13. The first-order chi connectivity index (χ1) is 14.9. The highest BCUT2D eigenvalue weighted by Crippen LogP contribution is 2.03. The number of nitrogens with zero attached hydrogens (tertiary/aromatic N) is 1. The number of hydrogen-bond acceptors (Lipinski definition) is 8. The number of amides is 5. The third-order valence-electron chi connectivity index (χ3n) is 4.14. The number of primary amides is 2. The minimum absolute atomic E-state index is 0.109. The Morgan fingerprint density at radius 1 is 0.969 bits per heavy atom. The molecule has 0 aliphatic rings. The number of nitrogens with one attached hydrogen (secondary N) is 4. The van der Waals surface area contributed by atoms with Gasteiger partial charge < -0.3 is 43.2 Å². The van der Waals surface area contributed by atoms with Crippen LogP contribution in [0.15, 0.2) is 12.5 Å². The van der Waals surface area contributed by atoms with Gasteiger partial charge in [0.1, 0.15) is 18.1 Å². The summed E-state index contributed by atoms with van der Waals surface area (Å²) in [4.78, 5) is 77.3. The minimum atomic E-state index is -1.52. The molecule has 0 bridgehead atoms. The molecule has 4 unspecified atom stereocenters. The number of carbonyl (C=O) groups is 6. The van der Waals surface area contributed by atoms with E-state index >= 15 is 0 Å². The van der Waals surface area contributed by atoms with Crippen molar-refractivity contribution in [2.24, 2.45) is 17.2 Å². The number of aliphatic carboxylic acids is 1. The van der Waals surface area contributed by atoms with Crippen molar-refractivity contribution < 1.29 is 33.9 Å². The van der Waals surface area contributed by atoms with Crippen molar-refractivity contribution in [2.75, 3.05) is 0 Å². The summed E-state index contributed by atoms with van der Waals surface area (Å²) in [7, 11) is 0. The Labute approximate surface area is 181 Å². The van der Waals surface area contributed by atoms with Crippen LogP contribution in [0.3, 0.4) is 0 Å². The number of H-pyrrole nitrogens is 1. The standard InChI is InChI=1S/C17H26N8O7/c1-7(17(31)32)23-15(29)10(2-8-5-21-6-22-8)25-16(30)11(4-13(20)27)24-14(28)9(18)3-12(19)26/h5-7,9-11H,2-4,18H2,1H3,(H2,19,26)(H2,20,27)(H,21,22)(H,23,29)(H,24,28)(H,25,30)(H,31,32). The van der Waals surface area contributed by atoms with Crippen molar-refractivity contribution in [1.29, 1.82) is 0 Å². The zero-order valence-corrected chi connectivity index (χ0v) is 17.2. The molecular weight excluding hydrogens is 428 g/mol. The quantitative estimate of drug-likeness (QED) is 0.143. The minimum Gasteiger partial charge on any atom is -0.480 e. The number of imidazole rings is 1. The van der Waals surface area contributed by atoms with Crippen LogP contribution in [-0.4, -0.2) is 74.7 Å². The average molecular weight is 454 g/mol. The van der Waals surface area contributed by atoms with Crippen LogP contribution >= 0.6 is 0 Å². The lowest BCUT2D eigenvalue weighted by Gasteiger charge is -2.24. The first-order valence-electron chi connectivity index (χ1n) is 9.34. The predicted octanol–water partition coefficient (Wildman–Crippen LogP) is -4.41. The summed E-state index contributed by atoms with van der Waals surface area (Å²) in [5.74, 6) is -5.84. The molecule has 11 N–H and O–H groups in total. The van der Waals surface area contributed by atoms with Crippen LogP contribution in [0.2, 0.25) is 0 Å².